The van der Waals surface area contributed by atoms with Gasteiger partial charge in [-0.15, -0.1) is 11.3 Å². The fourth-order valence-electron chi connectivity index (χ4n) is 1.47. The van der Waals surface area contributed by atoms with Gasteiger partial charge in [-0.25, -0.2) is 4.98 Å². The lowest BCUT2D eigenvalue weighted by molar-refractivity contribution is 0.731. The molecule has 0 radical (unpaired) electrons. The monoisotopic (exact) mass is 236 g/mol. The molecular formula is C11H16N4S. The van der Waals surface area contributed by atoms with E-state index in [1.165, 1.54) is 4.88 Å². The Morgan fingerprint density at radius 3 is 2.94 bits per heavy atom. The number of rotatable bonds is 4. The lowest BCUT2D eigenvalue weighted by atomic mass is 10.4. The highest BCUT2D eigenvalue weighted by atomic mass is 32.1. The largest absolute Gasteiger partial charge is 0.312 e. The van der Waals surface area contributed by atoms with Crippen LogP contribution < -0.4 is 5.32 Å². The van der Waals surface area contributed by atoms with Gasteiger partial charge in [0.2, 0.25) is 0 Å². The van der Waals surface area contributed by atoms with Gasteiger partial charge in [-0.2, -0.15) is 5.10 Å². The van der Waals surface area contributed by atoms with Crippen molar-refractivity contribution in [3.8, 4) is 10.7 Å². The molecule has 0 aliphatic rings. The van der Waals surface area contributed by atoms with Crippen molar-refractivity contribution >= 4 is 11.3 Å². The summed E-state index contributed by atoms with van der Waals surface area (Å²) >= 11 is 1.72. The Balaban J connectivity index is 2.23. The van der Waals surface area contributed by atoms with Crippen molar-refractivity contribution in [1.29, 1.82) is 0 Å². The molecule has 0 unspecified atom stereocenters. The molecule has 86 valence electrons. The predicted octanol–water partition coefficient (Wildman–Crippen LogP) is 1.96. The summed E-state index contributed by atoms with van der Waals surface area (Å²) in [6, 6.07) is 2.00. The SMILES string of the molecule is CCNCc1sc(-c2ccn(C)n2)nc1C. The van der Waals surface area contributed by atoms with Crippen LogP contribution in [0.15, 0.2) is 12.3 Å². The molecule has 2 rings (SSSR count). The number of thiazole rings is 1. The number of aromatic nitrogens is 3. The van der Waals surface area contributed by atoms with E-state index in [2.05, 4.69) is 29.2 Å². The smallest absolute Gasteiger partial charge is 0.144 e. The Morgan fingerprint density at radius 2 is 2.31 bits per heavy atom. The zero-order valence-corrected chi connectivity index (χ0v) is 10.6. The molecule has 5 heteroatoms. The van der Waals surface area contributed by atoms with E-state index in [-0.39, 0.29) is 0 Å². The summed E-state index contributed by atoms with van der Waals surface area (Å²) in [6.45, 7) is 6.04. The van der Waals surface area contributed by atoms with Crippen LogP contribution in [-0.4, -0.2) is 21.3 Å². The summed E-state index contributed by atoms with van der Waals surface area (Å²) in [4.78, 5) is 5.84. The summed E-state index contributed by atoms with van der Waals surface area (Å²) in [5.74, 6) is 0. The van der Waals surface area contributed by atoms with Crippen LogP contribution in [0.5, 0.6) is 0 Å². The van der Waals surface area contributed by atoms with Gasteiger partial charge >= 0.3 is 0 Å². The second-order valence-electron chi connectivity index (χ2n) is 3.68. The Kier molecular flexibility index (Phi) is 3.36. The van der Waals surface area contributed by atoms with Crippen LogP contribution in [0.1, 0.15) is 17.5 Å². The average molecular weight is 236 g/mol. The summed E-state index contributed by atoms with van der Waals surface area (Å²) in [7, 11) is 1.92. The van der Waals surface area contributed by atoms with Crippen molar-refractivity contribution in [3.05, 3.63) is 22.8 Å². The number of hydrogen-bond acceptors (Lipinski definition) is 4. The molecule has 0 saturated carbocycles. The standard InChI is InChI=1S/C11H16N4S/c1-4-12-7-10-8(2)13-11(16-10)9-5-6-15(3)14-9/h5-6,12H,4,7H2,1-3H3. The average Bonchev–Trinajstić information content (AvgIpc) is 2.82. The third-order valence-corrected chi connectivity index (χ3v) is 3.54. The molecule has 2 heterocycles. The molecule has 0 aliphatic heterocycles. The molecule has 1 N–H and O–H groups in total. The number of nitrogens with zero attached hydrogens (tertiary/aromatic N) is 3. The lowest BCUT2D eigenvalue weighted by Gasteiger charge is -1.97. The predicted molar refractivity (Wildman–Crippen MR) is 66.4 cm³/mol. The maximum absolute atomic E-state index is 4.55. The third-order valence-electron chi connectivity index (χ3n) is 2.36. The van der Waals surface area contributed by atoms with Gasteiger partial charge in [0.25, 0.3) is 0 Å². The van der Waals surface area contributed by atoms with Crippen LogP contribution in [0.4, 0.5) is 0 Å². The molecule has 0 aromatic carbocycles. The maximum Gasteiger partial charge on any atom is 0.144 e. The van der Waals surface area contributed by atoms with E-state index < -0.39 is 0 Å². The number of nitrogens with one attached hydrogen (secondary N) is 1. The highest BCUT2D eigenvalue weighted by molar-refractivity contribution is 7.15. The van der Waals surface area contributed by atoms with Gasteiger partial charge in [0, 0.05) is 24.7 Å². The molecule has 2 aromatic heterocycles. The van der Waals surface area contributed by atoms with Gasteiger partial charge < -0.3 is 5.32 Å². The fraction of sp³-hybridized carbons (Fsp3) is 0.455. The number of aryl methyl sites for hydroxylation is 2. The van der Waals surface area contributed by atoms with Crippen LogP contribution in [0.25, 0.3) is 10.7 Å². The molecule has 0 spiro atoms. The summed E-state index contributed by atoms with van der Waals surface area (Å²) in [5.41, 5.74) is 2.06. The minimum absolute atomic E-state index is 0.896. The van der Waals surface area contributed by atoms with Crippen molar-refractivity contribution in [2.75, 3.05) is 6.54 Å². The molecule has 0 bridgehead atoms. The van der Waals surface area contributed by atoms with Crippen molar-refractivity contribution in [2.24, 2.45) is 7.05 Å². The van der Waals surface area contributed by atoms with E-state index in [1.54, 1.807) is 16.0 Å². The Morgan fingerprint density at radius 1 is 1.50 bits per heavy atom. The molecule has 0 saturated heterocycles. The first-order valence-corrected chi connectivity index (χ1v) is 6.19. The van der Waals surface area contributed by atoms with E-state index in [1.807, 2.05) is 19.3 Å². The topological polar surface area (TPSA) is 42.7 Å². The van der Waals surface area contributed by atoms with Crippen molar-refractivity contribution in [1.82, 2.24) is 20.1 Å². The quantitative estimate of drug-likeness (QED) is 0.882. The summed E-state index contributed by atoms with van der Waals surface area (Å²) in [6.07, 6.45) is 1.94. The van der Waals surface area contributed by atoms with Gasteiger partial charge in [0.1, 0.15) is 10.7 Å². The van der Waals surface area contributed by atoms with Crippen LogP contribution in [-0.2, 0) is 13.6 Å². The minimum atomic E-state index is 0.896. The van der Waals surface area contributed by atoms with Gasteiger partial charge in [-0.05, 0) is 19.5 Å². The van der Waals surface area contributed by atoms with E-state index >= 15 is 0 Å². The first-order chi connectivity index (χ1) is 7.70. The van der Waals surface area contributed by atoms with E-state index in [9.17, 15) is 0 Å². The van der Waals surface area contributed by atoms with Gasteiger partial charge in [-0.1, -0.05) is 6.92 Å². The summed E-state index contributed by atoms with van der Waals surface area (Å²) in [5, 5.41) is 8.69. The molecule has 0 amide bonds. The molecule has 0 fully saturated rings. The minimum Gasteiger partial charge on any atom is -0.312 e. The normalized spacial score (nSPS) is 10.9. The molecule has 2 aromatic rings. The third kappa shape index (κ3) is 2.31. The zero-order chi connectivity index (χ0) is 11.5. The lowest BCUT2D eigenvalue weighted by Crippen LogP contribution is -2.11. The molecule has 4 nitrogen and oxygen atoms in total. The van der Waals surface area contributed by atoms with Crippen LogP contribution >= 0.6 is 11.3 Å². The summed E-state index contributed by atoms with van der Waals surface area (Å²) < 4.78 is 1.80. The first-order valence-electron chi connectivity index (χ1n) is 5.37. The Bertz CT molecular complexity index is 472. The second-order valence-corrected chi connectivity index (χ2v) is 4.77. The fourth-order valence-corrected chi connectivity index (χ4v) is 2.47. The maximum atomic E-state index is 4.55. The Labute approximate surface area is 99.3 Å². The van der Waals surface area contributed by atoms with Crippen LogP contribution in [0.2, 0.25) is 0 Å². The van der Waals surface area contributed by atoms with Gasteiger partial charge in [0.15, 0.2) is 0 Å². The highest BCUT2D eigenvalue weighted by Gasteiger charge is 2.10. The van der Waals surface area contributed by atoms with Crippen molar-refractivity contribution < 1.29 is 0 Å². The second kappa shape index (κ2) is 4.76. The van der Waals surface area contributed by atoms with E-state index in [0.717, 1.165) is 29.5 Å². The molecular weight excluding hydrogens is 220 g/mol. The molecule has 16 heavy (non-hydrogen) atoms. The Hall–Kier alpha value is -1.20. The molecule has 0 aliphatic carbocycles. The van der Waals surface area contributed by atoms with Crippen LogP contribution in [0.3, 0.4) is 0 Å². The zero-order valence-electron chi connectivity index (χ0n) is 9.82. The highest BCUT2D eigenvalue weighted by Crippen LogP contribution is 2.26. The van der Waals surface area contributed by atoms with Gasteiger partial charge in [0.05, 0.1) is 5.69 Å². The van der Waals surface area contributed by atoms with Crippen LogP contribution in [0, 0.1) is 6.92 Å². The first kappa shape index (κ1) is 11.3. The van der Waals surface area contributed by atoms with Crippen molar-refractivity contribution in [2.45, 2.75) is 20.4 Å². The van der Waals surface area contributed by atoms with E-state index in [0.29, 0.717) is 0 Å². The number of hydrogen-bond donors (Lipinski definition) is 1. The van der Waals surface area contributed by atoms with E-state index in [4.69, 9.17) is 0 Å². The van der Waals surface area contributed by atoms with Crippen molar-refractivity contribution in [3.63, 3.8) is 0 Å². The van der Waals surface area contributed by atoms with Gasteiger partial charge in [-0.3, -0.25) is 4.68 Å². The molecule has 0 atom stereocenters.